The molecule has 0 aliphatic heterocycles. The van der Waals surface area contributed by atoms with E-state index < -0.39 is 0 Å². The minimum Gasteiger partial charge on any atom is -0.465 e. The van der Waals surface area contributed by atoms with E-state index in [1.165, 1.54) is 32.1 Å². The zero-order valence-corrected chi connectivity index (χ0v) is 19.4. The Labute approximate surface area is 181 Å². The Hall–Kier alpha value is -1.57. The van der Waals surface area contributed by atoms with Crippen molar-refractivity contribution in [3.63, 3.8) is 0 Å². The lowest BCUT2D eigenvalue weighted by Gasteiger charge is -2.06. The van der Waals surface area contributed by atoms with E-state index in [4.69, 9.17) is 4.74 Å². The first-order valence-corrected chi connectivity index (χ1v) is 11.9. The van der Waals surface area contributed by atoms with Crippen LogP contribution in [0.4, 0.5) is 0 Å². The summed E-state index contributed by atoms with van der Waals surface area (Å²) < 4.78 is 5.16. The fourth-order valence-corrected chi connectivity index (χ4v) is 2.73. The van der Waals surface area contributed by atoms with Crippen LogP contribution in [-0.4, -0.2) is 12.6 Å². The maximum Gasteiger partial charge on any atom is 0.305 e. The molecule has 0 aromatic rings. The summed E-state index contributed by atoms with van der Waals surface area (Å²) in [4.78, 5) is 11.5. The summed E-state index contributed by atoms with van der Waals surface area (Å²) in [5.41, 5.74) is 0. The minimum atomic E-state index is -0.0667. The van der Waals surface area contributed by atoms with Gasteiger partial charge in [-0.3, -0.25) is 4.79 Å². The molecule has 2 heteroatoms. The van der Waals surface area contributed by atoms with Gasteiger partial charge >= 0.3 is 5.97 Å². The molecule has 2 nitrogen and oxygen atoms in total. The van der Waals surface area contributed by atoms with Gasteiger partial charge in [0.05, 0.1) is 6.61 Å². The van der Waals surface area contributed by atoms with E-state index in [9.17, 15) is 4.79 Å². The number of unbranched alkanes of at least 4 members (excludes halogenated alkanes) is 7. The van der Waals surface area contributed by atoms with Crippen molar-refractivity contribution >= 4 is 5.97 Å². The molecule has 0 aromatic heterocycles. The molecular weight excluding hydrogens is 356 g/mol. The number of hydrogen-bond donors (Lipinski definition) is 0. The van der Waals surface area contributed by atoms with E-state index in [0.717, 1.165) is 44.9 Å². The molecular formula is C27H46O2. The predicted octanol–water partition coefficient (Wildman–Crippen LogP) is 8.50. The number of carbonyl (C=O) groups is 1. The highest BCUT2D eigenvalue weighted by molar-refractivity contribution is 5.69. The van der Waals surface area contributed by atoms with Crippen molar-refractivity contribution in [2.24, 2.45) is 5.92 Å². The van der Waals surface area contributed by atoms with Gasteiger partial charge in [-0.2, -0.15) is 0 Å². The third-order valence-corrected chi connectivity index (χ3v) is 4.47. The van der Waals surface area contributed by atoms with Crippen LogP contribution in [0.25, 0.3) is 0 Å². The number of ether oxygens (including phenoxy) is 1. The second-order valence-electron chi connectivity index (χ2n) is 8.08. The number of rotatable bonds is 19. The average molecular weight is 403 g/mol. The van der Waals surface area contributed by atoms with Crippen LogP contribution >= 0.6 is 0 Å². The minimum absolute atomic E-state index is 0.0667. The molecule has 0 spiro atoms. The van der Waals surface area contributed by atoms with Crippen molar-refractivity contribution in [2.45, 2.75) is 104 Å². The Kier molecular flexibility index (Phi) is 21.5. The summed E-state index contributed by atoms with van der Waals surface area (Å²) in [5, 5.41) is 0. The molecule has 0 heterocycles. The predicted molar refractivity (Wildman–Crippen MR) is 128 cm³/mol. The van der Waals surface area contributed by atoms with Crippen molar-refractivity contribution < 1.29 is 9.53 Å². The SMILES string of the molecule is CCCCC/C=C\CC/C=C\CC/C=C\CC/C=C\CCCC(=O)OCC(C)C. The number of hydrogen-bond acceptors (Lipinski definition) is 2. The maximum atomic E-state index is 11.5. The molecule has 0 fully saturated rings. The normalized spacial score (nSPS) is 12.4. The maximum absolute atomic E-state index is 11.5. The summed E-state index contributed by atoms with van der Waals surface area (Å²) in [6, 6.07) is 0. The molecule has 0 saturated carbocycles. The Bertz CT molecular complexity index is 469. The molecule has 29 heavy (non-hydrogen) atoms. The molecule has 0 unspecified atom stereocenters. The van der Waals surface area contributed by atoms with E-state index >= 15 is 0 Å². The van der Waals surface area contributed by atoms with E-state index in [-0.39, 0.29) is 5.97 Å². The molecule has 0 rings (SSSR count). The van der Waals surface area contributed by atoms with Gasteiger partial charge in [0, 0.05) is 6.42 Å². The van der Waals surface area contributed by atoms with Crippen molar-refractivity contribution in [3.05, 3.63) is 48.6 Å². The molecule has 0 aliphatic rings. The van der Waals surface area contributed by atoms with Crippen LogP contribution in [0.1, 0.15) is 104 Å². The van der Waals surface area contributed by atoms with E-state index in [0.29, 0.717) is 18.9 Å². The zero-order chi connectivity index (χ0) is 21.4. The number of carbonyl (C=O) groups excluding carboxylic acids is 1. The molecule has 0 amide bonds. The molecule has 0 atom stereocenters. The van der Waals surface area contributed by atoms with Gasteiger partial charge in [0.2, 0.25) is 0 Å². The van der Waals surface area contributed by atoms with E-state index in [2.05, 4.69) is 69.4 Å². The van der Waals surface area contributed by atoms with Crippen molar-refractivity contribution in [3.8, 4) is 0 Å². The van der Waals surface area contributed by atoms with Gasteiger partial charge in [0.25, 0.3) is 0 Å². The number of allylic oxidation sites excluding steroid dienone is 8. The van der Waals surface area contributed by atoms with Gasteiger partial charge in [0.1, 0.15) is 0 Å². The van der Waals surface area contributed by atoms with E-state index in [1.807, 2.05) is 0 Å². The molecule has 0 radical (unpaired) electrons. The topological polar surface area (TPSA) is 26.3 Å². The summed E-state index contributed by atoms with van der Waals surface area (Å²) in [5.74, 6) is 0.346. The smallest absolute Gasteiger partial charge is 0.305 e. The Morgan fingerprint density at radius 1 is 0.655 bits per heavy atom. The first-order chi connectivity index (χ1) is 14.2. The lowest BCUT2D eigenvalue weighted by atomic mass is 10.1. The van der Waals surface area contributed by atoms with Gasteiger partial charge in [-0.25, -0.2) is 0 Å². The second kappa shape index (κ2) is 22.7. The van der Waals surface area contributed by atoms with Crippen LogP contribution in [0, 0.1) is 5.92 Å². The highest BCUT2D eigenvalue weighted by Gasteiger charge is 2.02. The van der Waals surface area contributed by atoms with Crippen LogP contribution in [0.3, 0.4) is 0 Å². The van der Waals surface area contributed by atoms with E-state index in [1.54, 1.807) is 0 Å². The zero-order valence-electron chi connectivity index (χ0n) is 19.4. The van der Waals surface area contributed by atoms with Crippen molar-refractivity contribution in [1.82, 2.24) is 0 Å². The van der Waals surface area contributed by atoms with Gasteiger partial charge in [0.15, 0.2) is 0 Å². The molecule has 0 saturated heterocycles. The molecule has 166 valence electrons. The molecule has 0 bridgehead atoms. The summed E-state index contributed by atoms with van der Waals surface area (Å²) >= 11 is 0. The average Bonchev–Trinajstić information content (AvgIpc) is 2.70. The molecule has 0 N–H and O–H groups in total. The summed E-state index contributed by atoms with van der Waals surface area (Å²) in [6.45, 7) is 6.89. The summed E-state index contributed by atoms with van der Waals surface area (Å²) in [6.07, 6.45) is 32.6. The quantitative estimate of drug-likeness (QED) is 0.123. The molecule has 0 aromatic carbocycles. The fourth-order valence-electron chi connectivity index (χ4n) is 2.73. The third kappa shape index (κ3) is 24.4. The monoisotopic (exact) mass is 402 g/mol. The van der Waals surface area contributed by atoms with Crippen LogP contribution in [0.5, 0.6) is 0 Å². The Balaban J connectivity index is 3.41. The highest BCUT2D eigenvalue weighted by Crippen LogP contribution is 2.04. The largest absolute Gasteiger partial charge is 0.465 e. The van der Waals surface area contributed by atoms with Crippen LogP contribution < -0.4 is 0 Å². The standard InChI is InChI=1S/C27H46O2/c1-4-5-6-7-8-9-10-11-12-13-14-15-16-17-18-19-20-21-22-23-24-27(28)29-25-26(2)3/h8-9,12-13,16-17,20-21,26H,4-7,10-11,14-15,18-19,22-25H2,1-3H3/b9-8-,13-12-,17-16-,21-20-. The van der Waals surface area contributed by atoms with Crippen LogP contribution in [0.15, 0.2) is 48.6 Å². The number of esters is 1. The second-order valence-corrected chi connectivity index (χ2v) is 8.08. The Morgan fingerprint density at radius 3 is 1.48 bits per heavy atom. The highest BCUT2D eigenvalue weighted by atomic mass is 16.5. The Morgan fingerprint density at radius 2 is 1.07 bits per heavy atom. The van der Waals surface area contributed by atoms with Crippen LogP contribution in [0.2, 0.25) is 0 Å². The van der Waals surface area contributed by atoms with Gasteiger partial charge in [-0.05, 0) is 70.1 Å². The van der Waals surface area contributed by atoms with Gasteiger partial charge < -0.3 is 4.74 Å². The van der Waals surface area contributed by atoms with Gasteiger partial charge in [-0.15, -0.1) is 0 Å². The first-order valence-electron chi connectivity index (χ1n) is 11.9. The lowest BCUT2D eigenvalue weighted by molar-refractivity contribution is -0.144. The third-order valence-electron chi connectivity index (χ3n) is 4.47. The summed E-state index contributed by atoms with van der Waals surface area (Å²) in [7, 11) is 0. The van der Waals surface area contributed by atoms with Gasteiger partial charge in [-0.1, -0.05) is 82.2 Å². The van der Waals surface area contributed by atoms with Crippen molar-refractivity contribution in [2.75, 3.05) is 6.61 Å². The fraction of sp³-hybridized carbons (Fsp3) is 0.667. The van der Waals surface area contributed by atoms with Crippen molar-refractivity contribution in [1.29, 1.82) is 0 Å². The first kappa shape index (κ1) is 27.4. The molecule has 0 aliphatic carbocycles. The lowest BCUT2D eigenvalue weighted by Crippen LogP contribution is -2.09. The van der Waals surface area contributed by atoms with Crippen LogP contribution in [-0.2, 0) is 9.53 Å².